The molecule has 2 N–H and O–H groups in total. The lowest BCUT2D eigenvalue weighted by Gasteiger charge is -2.05. The second-order valence-electron chi connectivity index (χ2n) is 4.36. The number of carbonyl (C=O) groups is 2. The molecule has 0 unspecified atom stereocenters. The Labute approximate surface area is 121 Å². The maximum atomic E-state index is 12.1. The molecule has 6 nitrogen and oxygen atoms in total. The van der Waals surface area contributed by atoms with Crippen LogP contribution >= 0.6 is 0 Å². The Kier molecular flexibility index (Phi) is 4.50. The van der Waals surface area contributed by atoms with E-state index in [0.29, 0.717) is 29.2 Å². The number of hydrogen-bond acceptors (Lipinski definition) is 4. The summed E-state index contributed by atoms with van der Waals surface area (Å²) in [6, 6.07) is 8.02. The van der Waals surface area contributed by atoms with Gasteiger partial charge in [-0.15, -0.1) is 6.58 Å². The van der Waals surface area contributed by atoms with E-state index in [1.807, 2.05) is 0 Å². The monoisotopic (exact) mass is 285 g/mol. The predicted molar refractivity (Wildman–Crippen MR) is 78.2 cm³/mol. The second kappa shape index (κ2) is 6.51. The number of carbonyl (C=O) groups excluding carboxylic acids is 2. The number of hydrogen-bond donors (Lipinski definition) is 2. The van der Waals surface area contributed by atoms with Crippen molar-refractivity contribution in [2.45, 2.75) is 6.92 Å². The van der Waals surface area contributed by atoms with Crippen molar-refractivity contribution in [2.75, 3.05) is 11.9 Å². The Morgan fingerprint density at radius 2 is 2.00 bits per heavy atom. The smallest absolute Gasteiger partial charge is 0.256 e. The van der Waals surface area contributed by atoms with Crippen LogP contribution in [0.1, 0.15) is 26.5 Å². The van der Waals surface area contributed by atoms with Gasteiger partial charge in [0, 0.05) is 23.7 Å². The zero-order valence-electron chi connectivity index (χ0n) is 11.6. The predicted octanol–water partition coefficient (Wildman–Crippen LogP) is 2.15. The molecule has 1 heterocycles. The van der Waals surface area contributed by atoms with Crippen molar-refractivity contribution in [1.29, 1.82) is 0 Å². The molecule has 0 radical (unpaired) electrons. The van der Waals surface area contributed by atoms with Gasteiger partial charge < -0.3 is 15.2 Å². The van der Waals surface area contributed by atoms with Crippen LogP contribution in [0.15, 0.2) is 47.5 Å². The van der Waals surface area contributed by atoms with Crippen LogP contribution in [0.5, 0.6) is 0 Å². The van der Waals surface area contributed by atoms with Gasteiger partial charge in [-0.25, -0.2) is 0 Å². The molecule has 2 aromatic rings. The number of nitrogens with one attached hydrogen (secondary N) is 2. The topological polar surface area (TPSA) is 84.2 Å². The van der Waals surface area contributed by atoms with E-state index < -0.39 is 0 Å². The number of amides is 2. The summed E-state index contributed by atoms with van der Waals surface area (Å²) >= 11 is 0. The maximum absolute atomic E-state index is 12.1. The first-order chi connectivity index (χ1) is 10.1. The number of aryl methyl sites for hydroxylation is 1. The third kappa shape index (κ3) is 3.79. The zero-order chi connectivity index (χ0) is 15.2. The quantitative estimate of drug-likeness (QED) is 0.824. The molecule has 2 rings (SSSR count). The molecule has 0 saturated heterocycles. The van der Waals surface area contributed by atoms with Gasteiger partial charge in [-0.05, 0) is 25.1 Å². The number of anilines is 1. The fraction of sp³-hybridized carbons (Fsp3) is 0.133. The van der Waals surface area contributed by atoms with E-state index in [1.165, 1.54) is 6.07 Å². The molecule has 0 bridgehead atoms. The van der Waals surface area contributed by atoms with Gasteiger partial charge in [-0.1, -0.05) is 17.3 Å². The number of rotatable bonds is 5. The van der Waals surface area contributed by atoms with Crippen molar-refractivity contribution < 1.29 is 14.1 Å². The molecule has 21 heavy (non-hydrogen) atoms. The average molecular weight is 285 g/mol. The van der Waals surface area contributed by atoms with Crippen molar-refractivity contribution in [3.8, 4) is 0 Å². The van der Waals surface area contributed by atoms with E-state index in [9.17, 15) is 9.59 Å². The van der Waals surface area contributed by atoms with E-state index >= 15 is 0 Å². The molecule has 1 aromatic heterocycles. The SMILES string of the molecule is C=CCNC(=O)c1cccc(C(=O)Nc2cc(C)on2)c1. The largest absolute Gasteiger partial charge is 0.360 e. The molecule has 2 amide bonds. The van der Waals surface area contributed by atoms with Crippen LogP contribution in [0.2, 0.25) is 0 Å². The van der Waals surface area contributed by atoms with Crippen molar-refractivity contribution in [3.63, 3.8) is 0 Å². The lowest BCUT2D eigenvalue weighted by molar-refractivity contribution is 0.0958. The molecule has 0 aliphatic carbocycles. The van der Waals surface area contributed by atoms with Crippen LogP contribution in [-0.2, 0) is 0 Å². The van der Waals surface area contributed by atoms with Crippen LogP contribution in [-0.4, -0.2) is 23.5 Å². The Hall–Kier alpha value is -2.89. The van der Waals surface area contributed by atoms with Gasteiger partial charge in [0.25, 0.3) is 11.8 Å². The summed E-state index contributed by atoms with van der Waals surface area (Å²) in [7, 11) is 0. The Balaban J connectivity index is 2.11. The highest BCUT2D eigenvalue weighted by molar-refractivity contribution is 6.05. The zero-order valence-corrected chi connectivity index (χ0v) is 11.6. The van der Waals surface area contributed by atoms with Gasteiger partial charge in [0.15, 0.2) is 5.82 Å². The molecule has 0 spiro atoms. The van der Waals surface area contributed by atoms with E-state index in [4.69, 9.17) is 4.52 Å². The summed E-state index contributed by atoms with van der Waals surface area (Å²) in [4.78, 5) is 23.9. The molecule has 0 aliphatic rings. The minimum Gasteiger partial charge on any atom is -0.360 e. The molecule has 6 heteroatoms. The molecular weight excluding hydrogens is 270 g/mol. The average Bonchev–Trinajstić information content (AvgIpc) is 2.90. The Morgan fingerprint density at radius 1 is 1.29 bits per heavy atom. The van der Waals surface area contributed by atoms with Gasteiger partial charge in [-0.3, -0.25) is 9.59 Å². The highest BCUT2D eigenvalue weighted by atomic mass is 16.5. The first kappa shape index (κ1) is 14.5. The second-order valence-corrected chi connectivity index (χ2v) is 4.36. The van der Waals surface area contributed by atoms with E-state index in [1.54, 1.807) is 37.3 Å². The highest BCUT2D eigenvalue weighted by Gasteiger charge is 2.11. The first-order valence-corrected chi connectivity index (χ1v) is 6.34. The minimum absolute atomic E-state index is 0.262. The first-order valence-electron chi connectivity index (χ1n) is 6.34. The van der Waals surface area contributed by atoms with Crippen LogP contribution in [0.25, 0.3) is 0 Å². The van der Waals surface area contributed by atoms with Crippen LogP contribution in [0.4, 0.5) is 5.82 Å². The summed E-state index contributed by atoms with van der Waals surface area (Å²) < 4.78 is 4.87. The Morgan fingerprint density at radius 3 is 2.62 bits per heavy atom. The lowest BCUT2D eigenvalue weighted by atomic mass is 10.1. The van der Waals surface area contributed by atoms with Crippen LogP contribution in [0, 0.1) is 6.92 Å². The summed E-state index contributed by atoms with van der Waals surface area (Å²) in [5.74, 6) is 0.311. The minimum atomic E-state index is -0.360. The fourth-order valence-electron chi connectivity index (χ4n) is 1.68. The van der Waals surface area contributed by atoms with Gasteiger partial charge >= 0.3 is 0 Å². The highest BCUT2D eigenvalue weighted by Crippen LogP contribution is 2.11. The standard InChI is InChI=1S/C15H15N3O3/c1-3-7-16-14(19)11-5-4-6-12(9-11)15(20)17-13-8-10(2)21-18-13/h3-6,8-9H,1,7H2,2H3,(H,16,19)(H,17,18,20). The van der Waals surface area contributed by atoms with Crippen molar-refractivity contribution in [1.82, 2.24) is 10.5 Å². The van der Waals surface area contributed by atoms with Gasteiger partial charge in [0.05, 0.1) is 0 Å². The molecule has 0 aliphatic heterocycles. The molecule has 1 aromatic carbocycles. The number of nitrogens with zero attached hydrogens (tertiary/aromatic N) is 1. The summed E-state index contributed by atoms with van der Waals surface area (Å²) in [5, 5.41) is 8.93. The summed E-state index contributed by atoms with van der Waals surface area (Å²) in [6.45, 7) is 5.62. The van der Waals surface area contributed by atoms with Gasteiger partial charge in [0.1, 0.15) is 5.76 Å². The van der Waals surface area contributed by atoms with Gasteiger partial charge in [-0.2, -0.15) is 0 Å². The van der Waals surface area contributed by atoms with E-state index in [-0.39, 0.29) is 11.8 Å². The van der Waals surface area contributed by atoms with E-state index in [2.05, 4.69) is 22.4 Å². The molecule has 108 valence electrons. The van der Waals surface area contributed by atoms with Crippen LogP contribution < -0.4 is 10.6 Å². The van der Waals surface area contributed by atoms with Crippen molar-refractivity contribution >= 4 is 17.6 Å². The molecule has 0 atom stereocenters. The summed E-state index contributed by atoms with van der Waals surface area (Å²) in [5.41, 5.74) is 0.766. The third-order valence-electron chi connectivity index (χ3n) is 2.66. The fourth-order valence-corrected chi connectivity index (χ4v) is 1.68. The molecule has 0 fully saturated rings. The van der Waals surface area contributed by atoms with Crippen LogP contribution in [0.3, 0.4) is 0 Å². The Bertz CT molecular complexity index is 676. The lowest BCUT2D eigenvalue weighted by Crippen LogP contribution is -2.23. The normalized spacial score (nSPS) is 9.95. The van der Waals surface area contributed by atoms with E-state index in [0.717, 1.165) is 0 Å². The van der Waals surface area contributed by atoms with Crippen molar-refractivity contribution in [3.05, 3.63) is 59.9 Å². The number of benzene rings is 1. The molecule has 0 saturated carbocycles. The van der Waals surface area contributed by atoms with Gasteiger partial charge in [0.2, 0.25) is 0 Å². The number of aromatic nitrogens is 1. The third-order valence-corrected chi connectivity index (χ3v) is 2.66. The molecular formula is C15H15N3O3. The van der Waals surface area contributed by atoms with Crippen molar-refractivity contribution in [2.24, 2.45) is 0 Å². The summed E-state index contributed by atoms with van der Waals surface area (Å²) in [6.07, 6.45) is 1.58. The maximum Gasteiger partial charge on any atom is 0.256 e.